The third kappa shape index (κ3) is 1.40. The molecule has 0 unspecified atom stereocenters. The molecule has 2 fully saturated rings. The quantitative estimate of drug-likeness (QED) is 0.700. The maximum Gasteiger partial charge on any atom is 0.0537 e. The molecular weight excluding hydrogens is 188 g/mol. The van der Waals surface area contributed by atoms with Crippen LogP contribution in [0.1, 0.15) is 24.4 Å². The SMILES string of the molecule is Cn1cc([C@H]2NCC23CCNCC3)cn1. The number of hydrogen-bond donors (Lipinski definition) is 2. The van der Waals surface area contributed by atoms with Gasteiger partial charge in [0.05, 0.1) is 6.20 Å². The first-order chi connectivity index (χ1) is 7.30. The standard InChI is InChI=1S/C11H18N4/c1-15-7-9(6-14-15)10-11(8-13-10)2-4-12-5-3-11/h6-7,10,12-13H,2-5,8H2,1H3/t10-/m1/s1. The van der Waals surface area contributed by atoms with Crippen molar-refractivity contribution >= 4 is 0 Å². The van der Waals surface area contributed by atoms with E-state index in [-0.39, 0.29) is 0 Å². The average molecular weight is 206 g/mol. The Kier molecular flexibility index (Phi) is 2.07. The fourth-order valence-electron chi connectivity index (χ4n) is 2.94. The fourth-order valence-corrected chi connectivity index (χ4v) is 2.94. The van der Waals surface area contributed by atoms with Crippen molar-refractivity contribution in [2.75, 3.05) is 19.6 Å². The molecule has 2 aliphatic heterocycles. The Morgan fingerprint density at radius 1 is 1.47 bits per heavy atom. The van der Waals surface area contributed by atoms with Gasteiger partial charge in [0.15, 0.2) is 0 Å². The Morgan fingerprint density at radius 2 is 2.27 bits per heavy atom. The Hall–Kier alpha value is -0.870. The summed E-state index contributed by atoms with van der Waals surface area (Å²) < 4.78 is 1.89. The van der Waals surface area contributed by atoms with E-state index in [9.17, 15) is 0 Å². The van der Waals surface area contributed by atoms with Gasteiger partial charge in [0.1, 0.15) is 0 Å². The molecule has 0 radical (unpaired) electrons. The first kappa shape index (κ1) is 9.36. The molecule has 2 N–H and O–H groups in total. The van der Waals surface area contributed by atoms with Crippen LogP contribution in [0.15, 0.2) is 12.4 Å². The summed E-state index contributed by atoms with van der Waals surface area (Å²) in [4.78, 5) is 0. The van der Waals surface area contributed by atoms with E-state index in [0.717, 1.165) is 0 Å². The van der Waals surface area contributed by atoms with Crippen LogP contribution in [0.25, 0.3) is 0 Å². The van der Waals surface area contributed by atoms with E-state index < -0.39 is 0 Å². The van der Waals surface area contributed by atoms with Gasteiger partial charge in [0, 0.05) is 36.8 Å². The third-order valence-corrected chi connectivity index (χ3v) is 3.93. The maximum atomic E-state index is 4.26. The molecule has 3 rings (SSSR count). The molecule has 0 aromatic carbocycles. The van der Waals surface area contributed by atoms with Crippen molar-refractivity contribution in [2.24, 2.45) is 12.5 Å². The molecule has 1 spiro atoms. The lowest BCUT2D eigenvalue weighted by atomic mass is 9.65. The topological polar surface area (TPSA) is 41.9 Å². The molecule has 15 heavy (non-hydrogen) atoms. The lowest BCUT2D eigenvalue weighted by Gasteiger charge is -2.52. The van der Waals surface area contributed by atoms with Crippen LogP contribution in [0, 0.1) is 5.41 Å². The van der Waals surface area contributed by atoms with E-state index in [1.165, 1.54) is 38.0 Å². The minimum Gasteiger partial charge on any atom is -0.317 e. The van der Waals surface area contributed by atoms with Crippen LogP contribution in [-0.4, -0.2) is 29.4 Å². The van der Waals surface area contributed by atoms with Gasteiger partial charge in [-0.05, 0) is 25.9 Å². The summed E-state index contributed by atoms with van der Waals surface area (Å²) >= 11 is 0. The summed E-state index contributed by atoms with van der Waals surface area (Å²) in [6.07, 6.45) is 6.72. The monoisotopic (exact) mass is 206 g/mol. The van der Waals surface area contributed by atoms with Crippen molar-refractivity contribution in [2.45, 2.75) is 18.9 Å². The highest BCUT2D eigenvalue weighted by molar-refractivity contribution is 5.20. The predicted molar refractivity (Wildman–Crippen MR) is 58.5 cm³/mol. The summed E-state index contributed by atoms with van der Waals surface area (Å²) in [6.45, 7) is 3.51. The largest absolute Gasteiger partial charge is 0.317 e. The van der Waals surface area contributed by atoms with Gasteiger partial charge in [-0.15, -0.1) is 0 Å². The lowest BCUT2D eigenvalue weighted by molar-refractivity contribution is 0.0436. The smallest absolute Gasteiger partial charge is 0.0537 e. The number of nitrogens with one attached hydrogen (secondary N) is 2. The van der Waals surface area contributed by atoms with Gasteiger partial charge in [-0.2, -0.15) is 5.10 Å². The summed E-state index contributed by atoms with van der Waals surface area (Å²) in [5.74, 6) is 0. The zero-order chi connectivity index (χ0) is 10.3. The molecular formula is C11H18N4. The number of aryl methyl sites for hydroxylation is 1. The van der Waals surface area contributed by atoms with Crippen molar-refractivity contribution in [1.29, 1.82) is 0 Å². The molecule has 1 aromatic heterocycles. The highest BCUT2D eigenvalue weighted by atomic mass is 15.2. The second-order valence-electron chi connectivity index (χ2n) is 4.87. The lowest BCUT2D eigenvalue weighted by Crippen LogP contribution is -2.59. The van der Waals surface area contributed by atoms with Crippen LogP contribution >= 0.6 is 0 Å². The van der Waals surface area contributed by atoms with E-state index >= 15 is 0 Å². The van der Waals surface area contributed by atoms with Gasteiger partial charge in [0.25, 0.3) is 0 Å². The second kappa shape index (κ2) is 3.32. The van der Waals surface area contributed by atoms with Gasteiger partial charge in [-0.25, -0.2) is 0 Å². The van der Waals surface area contributed by atoms with E-state index in [2.05, 4.69) is 21.9 Å². The molecule has 0 saturated carbocycles. The van der Waals surface area contributed by atoms with Crippen molar-refractivity contribution in [1.82, 2.24) is 20.4 Å². The van der Waals surface area contributed by atoms with Crippen molar-refractivity contribution in [3.05, 3.63) is 18.0 Å². The minimum atomic E-state index is 0.508. The fraction of sp³-hybridized carbons (Fsp3) is 0.727. The van der Waals surface area contributed by atoms with Gasteiger partial charge in [-0.3, -0.25) is 4.68 Å². The third-order valence-electron chi connectivity index (χ3n) is 3.93. The molecule has 4 heteroatoms. The normalized spacial score (nSPS) is 29.0. The number of hydrogen-bond acceptors (Lipinski definition) is 3. The zero-order valence-electron chi connectivity index (χ0n) is 9.16. The second-order valence-corrected chi connectivity index (χ2v) is 4.87. The highest BCUT2D eigenvalue weighted by Gasteiger charge is 2.47. The first-order valence-electron chi connectivity index (χ1n) is 5.73. The summed E-state index contributed by atoms with van der Waals surface area (Å²) in [6, 6.07) is 0.535. The first-order valence-corrected chi connectivity index (χ1v) is 5.73. The minimum absolute atomic E-state index is 0.508. The van der Waals surface area contributed by atoms with Crippen molar-refractivity contribution in [3.63, 3.8) is 0 Å². The summed E-state index contributed by atoms with van der Waals surface area (Å²) in [5, 5.41) is 11.2. The van der Waals surface area contributed by atoms with Crippen LogP contribution in [0.5, 0.6) is 0 Å². The molecule has 1 atom stereocenters. The van der Waals surface area contributed by atoms with Crippen LogP contribution in [-0.2, 0) is 7.05 Å². The van der Waals surface area contributed by atoms with Crippen LogP contribution in [0.2, 0.25) is 0 Å². The van der Waals surface area contributed by atoms with Crippen molar-refractivity contribution < 1.29 is 0 Å². The Bertz CT molecular complexity index is 351. The van der Waals surface area contributed by atoms with Gasteiger partial charge >= 0.3 is 0 Å². The van der Waals surface area contributed by atoms with Gasteiger partial charge in [0.2, 0.25) is 0 Å². The van der Waals surface area contributed by atoms with E-state index in [4.69, 9.17) is 0 Å². The molecule has 0 amide bonds. The average Bonchev–Trinajstić information content (AvgIpc) is 2.64. The predicted octanol–water partition coefficient (Wildman–Crippen LogP) is 0.434. The maximum absolute atomic E-state index is 4.26. The van der Waals surface area contributed by atoms with Crippen LogP contribution in [0.4, 0.5) is 0 Å². The number of piperidine rings is 1. The summed E-state index contributed by atoms with van der Waals surface area (Å²) in [7, 11) is 1.98. The number of aromatic nitrogens is 2. The molecule has 4 nitrogen and oxygen atoms in total. The number of rotatable bonds is 1. The Morgan fingerprint density at radius 3 is 2.80 bits per heavy atom. The van der Waals surface area contributed by atoms with Gasteiger partial charge in [-0.1, -0.05) is 0 Å². The number of nitrogens with zero attached hydrogens (tertiary/aromatic N) is 2. The molecule has 2 saturated heterocycles. The summed E-state index contributed by atoms with van der Waals surface area (Å²) in [5.41, 5.74) is 1.86. The van der Waals surface area contributed by atoms with Gasteiger partial charge < -0.3 is 10.6 Å². The Balaban J connectivity index is 1.82. The van der Waals surface area contributed by atoms with Crippen molar-refractivity contribution in [3.8, 4) is 0 Å². The molecule has 0 aliphatic carbocycles. The van der Waals surface area contributed by atoms with E-state index in [0.29, 0.717) is 11.5 Å². The molecule has 0 bridgehead atoms. The highest BCUT2D eigenvalue weighted by Crippen LogP contribution is 2.47. The zero-order valence-corrected chi connectivity index (χ0v) is 9.16. The Labute approximate surface area is 90.0 Å². The van der Waals surface area contributed by atoms with Crippen LogP contribution in [0.3, 0.4) is 0 Å². The molecule has 3 heterocycles. The molecule has 1 aromatic rings. The van der Waals surface area contributed by atoms with E-state index in [1.807, 2.05) is 17.9 Å². The van der Waals surface area contributed by atoms with E-state index in [1.54, 1.807) is 0 Å². The molecule has 82 valence electrons. The molecule has 2 aliphatic rings. The van der Waals surface area contributed by atoms with Crippen LogP contribution < -0.4 is 10.6 Å².